The topological polar surface area (TPSA) is 31.6 Å². The van der Waals surface area contributed by atoms with Gasteiger partial charge in [-0.25, -0.2) is 0 Å². The molecule has 29 heavy (non-hydrogen) atoms. The number of para-hydroxylation sites is 2. The van der Waals surface area contributed by atoms with Gasteiger partial charge in [0.15, 0.2) is 0 Å². The molecule has 0 aliphatic rings. The molecule has 2 heteroatoms. The van der Waals surface area contributed by atoms with Crippen LogP contribution in [0.5, 0.6) is 0 Å². The van der Waals surface area contributed by atoms with Crippen molar-refractivity contribution in [2.45, 2.75) is 32.6 Å². The molecule has 144 valence electrons. The summed E-state index contributed by atoms with van der Waals surface area (Å²) < 4.78 is 0. The van der Waals surface area contributed by atoms with Gasteiger partial charge in [-0.3, -0.25) is 0 Å². The molecular weight excluding hydrogens is 352 g/mol. The average molecular weight is 379 g/mol. The van der Waals surface area contributed by atoms with Crippen molar-refractivity contribution >= 4 is 21.8 Å². The van der Waals surface area contributed by atoms with Crippen LogP contribution < -0.4 is 0 Å². The van der Waals surface area contributed by atoms with Crippen LogP contribution in [0.3, 0.4) is 0 Å². The Labute approximate surface area is 171 Å². The van der Waals surface area contributed by atoms with Crippen molar-refractivity contribution in [3.05, 3.63) is 107 Å². The van der Waals surface area contributed by atoms with Gasteiger partial charge < -0.3 is 9.97 Å². The van der Waals surface area contributed by atoms with Gasteiger partial charge in [-0.2, -0.15) is 0 Å². The van der Waals surface area contributed by atoms with E-state index in [1.807, 2.05) is 0 Å². The molecule has 0 saturated heterocycles. The average Bonchev–Trinajstić information content (AvgIpc) is 3.25. The maximum atomic E-state index is 3.63. The first-order valence-electron chi connectivity index (χ1n) is 10.3. The summed E-state index contributed by atoms with van der Waals surface area (Å²) in [6.45, 7) is 6.79. The van der Waals surface area contributed by atoms with E-state index in [9.17, 15) is 0 Å². The fourth-order valence-electron chi connectivity index (χ4n) is 4.99. The Morgan fingerprint density at radius 1 is 0.586 bits per heavy atom. The van der Waals surface area contributed by atoms with Gasteiger partial charge in [0.2, 0.25) is 0 Å². The predicted octanol–water partition coefficient (Wildman–Crippen LogP) is 7.20. The Morgan fingerprint density at radius 3 is 1.55 bits per heavy atom. The summed E-state index contributed by atoms with van der Waals surface area (Å²) in [6.07, 6.45) is 0. The summed E-state index contributed by atoms with van der Waals surface area (Å²) in [5, 5.41) is 2.64. The molecule has 3 aromatic carbocycles. The van der Waals surface area contributed by atoms with Crippen LogP contribution in [0, 0.1) is 13.8 Å². The molecule has 0 amide bonds. The molecule has 0 aliphatic heterocycles. The summed E-state index contributed by atoms with van der Waals surface area (Å²) in [4.78, 5) is 7.27. The summed E-state index contributed by atoms with van der Waals surface area (Å²) in [5.41, 5.74) is 9.11. The molecule has 0 saturated carbocycles. The van der Waals surface area contributed by atoms with Crippen molar-refractivity contribution in [1.29, 1.82) is 0 Å². The number of hydrogen-bond acceptors (Lipinski definition) is 0. The van der Waals surface area contributed by atoms with Gasteiger partial charge in [0, 0.05) is 39.1 Å². The lowest BCUT2D eigenvalue weighted by Gasteiger charge is -2.26. The number of nitrogens with one attached hydrogen (secondary N) is 2. The van der Waals surface area contributed by atoms with Gasteiger partial charge in [0.1, 0.15) is 0 Å². The molecule has 0 fully saturated rings. The number of hydrogen-bond donors (Lipinski definition) is 2. The summed E-state index contributed by atoms with van der Waals surface area (Å²) in [5.74, 6) is 0.594. The minimum Gasteiger partial charge on any atom is -0.358 e. The number of aromatic amines is 2. The van der Waals surface area contributed by atoms with E-state index in [1.165, 1.54) is 49.9 Å². The molecule has 2 N–H and O–H groups in total. The molecule has 5 rings (SSSR count). The van der Waals surface area contributed by atoms with Gasteiger partial charge in [-0.1, -0.05) is 73.7 Å². The van der Waals surface area contributed by atoms with Crippen LogP contribution in [0.15, 0.2) is 78.9 Å². The highest BCUT2D eigenvalue weighted by molar-refractivity contribution is 5.90. The Bertz CT molecular complexity index is 1210. The third-order valence-electron chi connectivity index (χ3n) is 6.33. The lowest BCUT2D eigenvalue weighted by Crippen LogP contribution is -2.12. The minimum absolute atomic E-state index is 0.254. The Kier molecular flexibility index (Phi) is 4.28. The van der Waals surface area contributed by atoms with E-state index in [1.54, 1.807) is 0 Å². The first-order chi connectivity index (χ1) is 14.1. The highest BCUT2D eigenvalue weighted by atomic mass is 14.7. The van der Waals surface area contributed by atoms with Crippen LogP contribution in [-0.4, -0.2) is 9.97 Å². The lowest BCUT2D eigenvalue weighted by atomic mass is 9.76. The monoisotopic (exact) mass is 378 g/mol. The molecule has 2 nitrogen and oxygen atoms in total. The molecule has 0 unspecified atom stereocenters. The standard InChI is InChI=1S/C27H26N2/c1-17(20-11-5-4-6-12-20)25(26-18(2)28-23-15-9-7-13-21(23)26)27-19(3)29-24-16-10-8-14-22(24)27/h4-17,25,28-29H,1-3H3/t17-/m1/s1. The van der Waals surface area contributed by atoms with Crippen molar-refractivity contribution in [3.8, 4) is 0 Å². The molecule has 0 bridgehead atoms. The second-order valence-electron chi connectivity index (χ2n) is 8.10. The molecule has 1 atom stereocenters. The lowest BCUT2D eigenvalue weighted by molar-refractivity contribution is 0.658. The maximum Gasteiger partial charge on any atom is 0.0459 e. The number of H-pyrrole nitrogens is 2. The number of benzene rings is 3. The minimum atomic E-state index is 0.254. The number of aromatic nitrogens is 2. The van der Waals surface area contributed by atoms with Crippen molar-refractivity contribution < 1.29 is 0 Å². The Hall–Kier alpha value is -3.26. The van der Waals surface area contributed by atoms with Crippen LogP contribution in [0.1, 0.15) is 46.8 Å². The fraction of sp³-hybridized carbons (Fsp3) is 0.185. The molecule has 0 radical (unpaired) electrons. The van der Waals surface area contributed by atoms with Crippen LogP contribution in [0.2, 0.25) is 0 Å². The number of aryl methyl sites for hydroxylation is 2. The number of rotatable bonds is 4. The highest BCUT2D eigenvalue weighted by Crippen LogP contribution is 2.46. The highest BCUT2D eigenvalue weighted by Gasteiger charge is 2.30. The summed E-state index contributed by atoms with van der Waals surface area (Å²) >= 11 is 0. The third kappa shape index (κ3) is 2.87. The zero-order valence-corrected chi connectivity index (χ0v) is 17.2. The molecule has 0 spiro atoms. The molecule has 2 heterocycles. The maximum absolute atomic E-state index is 3.63. The number of fused-ring (bicyclic) bond motifs is 2. The molecular formula is C27H26N2. The van der Waals surface area contributed by atoms with E-state index < -0.39 is 0 Å². The SMILES string of the molecule is Cc1[nH]c2ccccc2c1C(c1c(C)[nH]c2ccccc12)[C@H](C)c1ccccc1. The van der Waals surface area contributed by atoms with Gasteiger partial charge >= 0.3 is 0 Å². The zero-order chi connectivity index (χ0) is 20.0. The summed E-state index contributed by atoms with van der Waals surface area (Å²) in [6, 6.07) is 28.3. The van der Waals surface area contributed by atoms with Gasteiger partial charge in [-0.05, 0) is 48.6 Å². The van der Waals surface area contributed by atoms with Crippen LogP contribution in [-0.2, 0) is 0 Å². The van der Waals surface area contributed by atoms with Crippen LogP contribution >= 0.6 is 0 Å². The van der Waals surface area contributed by atoms with Crippen LogP contribution in [0.25, 0.3) is 21.8 Å². The second kappa shape index (κ2) is 6.97. The first kappa shape index (κ1) is 17.8. The quantitative estimate of drug-likeness (QED) is 0.331. The smallest absolute Gasteiger partial charge is 0.0459 e. The Morgan fingerprint density at radius 2 is 1.03 bits per heavy atom. The molecule has 0 aliphatic carbocycles. The van der Waals surface area contributed by atoms with Gasteiger partial charge in [-0.15, -0.1) is 0 Å². The van der Waals surface area contributed by atoms with Crippen molar-refractivity contribution in [2.24, 2.45) is 0 Å². The van der Waals surface area contributed by atoms with E-state index in [0.29, 0.717) is 5.92 Å². The largest absolute Gasteiger partial charge is 0.358 e. The Balaban J connectivity index is 1.82. The zero-order valence-electron chi connectivity index (χ0n) is 17.2. The fourth-order valence-corrected chi connectivity index (χ4v) is 4.99. The van der Waals surface area contributed by atoms with Crippen molar-refractivity contribution in [2.75, 3.05) is 0 Å². The van der Waals surface area contributed by atoms with Gasteiger partial charge in [0.25, 0.3) is 0 Å². The van der Waals surface area contributed by atoms with E-state index >= 15 is 0 Å². The van der Waals surface area contributed by atoms with E-state index in [2.05, 4.69) is 110 Å². The molecule has 2 aromatic heterocycles. The molecule has 5 aromatic rings. The summed E-state index contributed by atoms with van der Waals surface area (Å²) in [7, 11) is 0. The van der Waals surface area contributed by atoms with E-state index in [4.69, 9.17) is 0 Å². The third-order valence-corrected chi connectivity index (χ3v) is 6.33. The predicted molar refractivity (Wildman–Crippen MR) is 123 cm³/mol. The second-order valence-corrected chi connectivity index (χ2v) is 8.10. The van der Waals surface area contributed by atoms with Crippen molar-refractivity contribution in [3.63, 3.8) is 0 Å². The van der Waals surface area contributed by atoms with Crippen molar-refractivity contribution in [1.82, 2.24) is 9.97 Å². The normalized spacial score (nSPS) is 12.8. The van der Waals surface area contributed by atoms with Crippen LogP contribution in [0.4, 0.5) is 0 Å². The van der Waals surface area contributed by atoms with E-state index in [-0.39, 0.29) is 5.92 Å². The van der Waals surface area contributed by atoms with Gasteiger partial charge in [0.05, 0.1) is 0 Å². The first-order valence-corrected chi connectivity index (χ1v) is 10.3. The van der Waals surface area contributed by atoms with E-state index in [0.717, 1.165) is 0 Å².